The Morgan fingerprint density at radius 2 is 1.81 bits per heavy atom. The van der Waals surface area contributed by atoms with Crippen LogP contribution in [0.4, 0.5) is 4.79 Å². The summed E-state index contributed by atoms with van der Waals surface area (Å²) in [5, 5.41) is 5.81. The maximum absolute atomic E-state index is 14.7. The topological polar surface area (TPSA) is 212 Å². The Balaban J connectivity index is 1.05. The molecule has 0 radical (unpaired) electrons. The summed E-state index contributed by atoms with van der Waals surface area (Å²) in [6.45, 7) is 1.88. The molecule has 0 unspecified atom stereocenters. The number of hydrogen-bond acceptors (Lipinski definition) is 12. The van der Waals surface area contributed by atoms with Crippen molar-refractivity contribution in [1.29, 1.82) is 0 Å². The lowest BCUT2D eigenvalue weighted by atomic mass is 10.0. The number of ether oxygens (including phenoxy) is 2. The molecule has 59 heavy (non-hydrogen) atoms. The van der Waals surface area contributed by atoms with Crippen LogP contribution in [0.15, 0.2) is 57.6 Å². The summed E-state index contributed by atoms with van der Waals surface area (Å²) in [6, 6.07) is 6.97. The van der Waals surface area contributed by atoms with Crippen LogP contribution in [0.2, 0.25) is 0 Å². The Bertz CT molecular complexity index is 2420. The number of amides is 4. The van der Waals surface area contributed by atoms with Gasteiger partial charge in [0.15, 0.2) is 11.6 Å². The third-order valence-electron chi connectivity index (χ3n) is 12.2. The number of alkyl carbamates (subject to hydrolysis) is 1. The molecule has 0 bridgehead atoms. The molecule has 3 aliphatic carbocycles. The molecule has 3 N–H and O–H groups in total. The zero-order chi connectivity index (χ0) is 40.9. The summed E-state index contributed by atoms with van der Waals surface area (Å²) >= 11 is 0. The largest absolute Gasteiger partial charge is 0.470 e. The SMILES string of the molecule is Cc1ccc2oc3c(O[C@@H]4C[C@H]5C(=O)N[C@]6(C(=O)NS(=O)(=O)C7CC7)C[C@H]6/C=C\CCCCC[C@H](NC(=O)OC6CCCC6)C(=O)N5C4)nc(-c4ccco4)nc3c2c1. The number of nitrogens with zero attached hydrogens (tertiary/aromatic N) is 3. The maximum atomic E-state index is 14.7. The van der Waals surface area contributed by atoms with Gasteiger partial charge in [-0.1, -0.05) is 36.6 Å². The van der Waals surface area contributed by atoms with Crippen LogP contribution < -0.4 is 20.1 Å². The maximum Gasteiger partial charge on any atom is 0.408 e. The highest BCUT2D eigenvalue weighted by Gasteiger charge is 2.62. The van der Waals surface area contributed by atoms with E-state index in [1.165, 1.54) is 11.2 Å². The molecule has 5 atom stereocenters. The molecule has 17 heteroatoms. The lowest BCUT2D eigenvalue weighted by Crippen LogP contribution is -2.58. The van der Waals surface area contributed by atoms with Crippen LogP contribution in [-0.2, 0) is 29.1 Å². The highest BCUT2D eigenvalue weighted by Crippen LogP contribution is 2.46. The number of benzene rings is 1. The molecule has 16 nitrogen and oxygen atoms in total. The minimum absolute atomic E-state index is 0.0176. The number of rotatable bonds is 8. The minimum Gasteiger partial charge on any atom is -0.470 e. The lowest BCUT2D eigenvalue weighted by molar-refractivity contribution is -0.141. The van der Waals surface area contributed by atoms with Crippen LogP contribution in [0.25, 0.3) is 33.7 Å². The highest BCUT2D eigenvalue weighted by molar-refractivity contribution is 7.91. The van der Waals surface area contributed by atoms with E-state index >= 15 is 0 Å². The predicted molar refractivity (Wildman–Crippen MR) is 213 cm³/mol. The summed E-state index contributed by atoms with van der Waals surface area (Å²) in [4.78, 5) is 67.2. The van der Waals surface area contributed by atoms with Crippen molar-refractivity contribution in [2.45, 2.75) is 125 Å². The average molecular weight is 829 g/mol. The van der Waals surface area contributed by atoms with Gasteiger partial charge in [0.2, 0.25) is 27.4 Å². The van der Waals surface area contributed by atoms with Gasteiger partial charge in [-0.15, -0.1) is 0 Å². The van der Waals surface area contributed by atoms with E-state index in [4.69, 9.17) is 28.3 Å². The molecular weight excluding hydrogens is 781 g/mol. The van der Waals surface area contributed by atoms with E-state index in [2.05, 4.69) is 15.4 Å². The van der Waals surface area contributed by atoms with Gasteiger partial charge in [0.1, 0.15) is 40.9 Å². The number of carbonyl (C=O) groups excluding carboxylic acids is 4. The molecule has 5 heterocycles. The van der Waals surface area contributed by atoms with Crippen molar-refractivity contribution in [2.75, 3.05) is 6.54 Å². The number of fused-ring (bicyclic) bond motifs is 5. The summed E-state index contributed by atoms with van der Waals surface area (Å²) in [5.74, 6) is -1.68. The fourth-order valence-electron chi connectivity index (χ4n) is 8.67. The van der Waals surface area contributed by atoms with Gasteiger partial charge in [0.25, 0.3) is 11.8 Å². The fraction of sp³-hybridized carbons (Fsp3) is 0.524. The first-order chi connectivity index (χ1) is 28.5. The van der Waals surface area contributed by atoms with E-state index in [9.17, 15) is 27.6 Å². The zero-order valence-electron chi connectivity index (χ0n) is 32.8. The molecule has 4 aromatic rings. The molecule has 3 saturated carbocycles. The van der Waals surface area contributed by atoms with Gasteiger partial charge in [0, 0.05) is 17.7 Å². The van der Waals surface area contributed by atoms with Gasteiger partial charge >= 0.3 is 6.09 Å². The standard InChI is InChI=1S/C42H48N6O10S/c1-24-15-18-32-29(20-24)34-35(58-32)38(45-36(44-34)33-14-9-19-55-33)56-27-21-31-37(49)46-42(40(51)47-59(53,54)28-16-17-28)22-25(42)10-5-3-2-4-6-13-30(39(50)48(31)23-27)43-41(52)57-26-11-7-8-12-26/h5,9-10,14-15,18-20,25-28,30-31H,2-4,6-8,11-13,16-17,21-23H2,1H3,(H,43,52)(H,46,49)(H,47,51)/b10-5-/t25-,27-,30+,31+,42-/m1/s1. The first-order valence-corrected chi connectivity index (χ1v) is 22.3. The second-order valence-corrected chi connectivity index (χ2v) is 18.6. The predicted octanol–water partition coefficient (Wildman–Crippen LogP) is 5.33. The molecule has 312 valence electrons. The number of nitrogens with one attached hydrogen (secondary N) is 3. The first kappa shape index (κ1) is 39.0. The van der Waals surface area contributed by atoms with Crippen molar-refractivity contribution in [2.24, 2.45) is 5.92 Å². The molecule has 4 amide bonds. The lowest BCUT2D eigenvalue weighted by Gasteiger charge is -2.30. The molecule has 1 saturated heterocycles. The van der Waals surface area contributed by atoms with Crippen molar-refractivity contribution < 1.29 is 45.9 Å². The Morgan fingerprint density at radius 1 is 1.00 bits per heavy atom. The van der Waals surface area contributed by atoms with Crippen LogP contribution in [0, 0.1) is 12.8 Å². The van der Waals surface area contributed by atoms with Crippen LogP contribution in [0.5, 0.6) is 5.88 Å². The first-order valence-electron chi connectivity index (χ1n) is 20.7. The molecule has 4 fully saturated rings. The van der Waals surface area contributed by atoms with E-state index in [-0.39, 0.29) is 42.8 Å². The second kappa shape index (κ2) is 15.6. The van der Waals surface area contributed by atoms with Gasteiger partial charge in [-0.2, -0.15) is 4.98 Å². The number of allylic oxidation sites excluding steroid dienone is 1. The van der Waals surface area contributed by atoms with Crippen LogP contribution in [0.1, 0.15) is 89.0 Å². The number of aryl methyl sites for hydroxylation is 1. The number of furan rings is 2. The molecule has 0 spiro atoms. The summed E-state index contributed by atoms with van der Waals surface area (Å²) in [6.07, 6.45) is 11.3. The van der Waals surface area contributed by atoms with E-state index in [0.29, 0.717) is 49.0 Å². The molecular formula is C42H48N6O10S. The van der Waals surface area contributed by atoms with Gasteiger partial charge < -0.3 is 33.8 Å². The quantitative estimate of drug-likeness (QED) is 0.192. The summed E-state index contributed by atoms with van der Waals surface area (Å²) in [7, 11) is -3.92. The van der Waals surface area contributed by atoms with Crippen molar-refractivity contribution in [3.63, 3.8) is 0 Å². The monoisotopic (exact) mass is 828 g/mol. The smallest absolute Gasteiger partial charge is 0.408 e. The fourth-order valence-corrected chi connectivity index (χ4v) is 10.0. The van der Waals surface area contributed by atoms with E-state index in [1.54, 1.807) is 12.1 Å². The molecule has 3 aromatic heterocycles. The number of hydrogen-bond donors (Lipinski definition) is 3. The summed E-state index contributed by atoms with van der Waals surface area (Å²) in [5.41, 5.74) is 0.790. The second-order valence-electron chi connectivity index (χ2n) is 16.6. The van der Waals surface area contributed by atoms with E-state index < -0.39 is 68.7 Å². The van der Waals surface area contributed by atoms with Gasteiger partial charge in [-0.05, 0) is 95.4 Å². The normalized spacial score (nSPS) is 27.3. The third kappa shape index (κ3) is 8.00. The third-order valence-corrected chi connectivity index (χ3v) is 14.0. The molecule has 1 aromatic carbocycles. The van der Waals surface area contributed by atoms with Crippen molar-refractivity contribution in [3.05, 3.63) is 54.3 Å². The van der Waals surface area contributed by atoms with Crippen LogP contribution in [-0.4, -0.2) is 88.7 Å². The summed E-state index contributed by atoms with van der Waals surface area (Å²) < 4.78 is 52.3. The number of carbonyl (C=O) groups is 4. The minimum atomic E-state index is -3.92. The van der Waals surface area contributed by atoms with Gasteiger partial charge in [-0.25, -0.2) is 18.2 Å². The van der Waals surface area contributed by atoms with Crippen molar-refractivity contribution >= 4 is 55.9 Å². The Hall–Kier alpha value is -5.45. The average Bonchev–Trinajstić information content (AvgIpc) is 3.82. The molecule has 9 rings (SSSR count). The van der Waals surface area contributed by atoms with Crippen molar-refractivity contribution in [3.8, 4) is 17.5 Å². The Morgan fingerprint density at radius 3 is 2.59 bits per heavy atom. The number of sulfonamides is 1. The molecule has 5 aliphatic rings. The Labute approximate surface area is 340 Å². The van der Waals surface area contributed by atoms with Gasteiger partial charge in [-0.3, -0.25) is 19.1 Å². The van der Waals surface area contributed by atoms with Gasteiger partial charge in [0.05, 0.1) is 18.1 Å². The van der Waals surface area contributed by atoms with Crippen LogP contribution >= 0.6 is 0 Å². The van der Waals surface area contributed by atoms with Crippen molar-refractivity contribution in [1.82, 2.24) is 30.2 Å². The Kier molecular flexibility index (Phi) is 10.3. The molecule has 2 aliphatic heterocycles. The highest BCUT2D eigenvalue weighted by atomic mass is 32.2. The number of aromatic nitrogens is 2. The van der Waals surface area contributed by atoms with E-state index in [0.717, 1.165) is 49.5 Å². The van der Waals surface area contributed by atoms with Crippen LogP contribution in [0.3, 0.4) is 0 Å². The van der Waals surface area contributed by atoms with E-state index in [1.807, 2.05) is 37.3 Å². The zero-order valence-corrected chi connectivity index (χ0v) is 33.6.